The van der Waals surface area contributed by atoms with Gasteiger partial charge in [-0.15, -0.1) is 0 Å². The fourth-order valence-electron chi connectivity index (χ4n) is 2.78. The number of quaternary nitrogens is 1. The molecule has 0 amide bonds. The molecule has 0 saturated carbocycles. The Morgan fingerprint density at radius 1 is 0.519 bits per heavy atom. The van der Waals surface area contributed by atoms with Crippen molar-refractivity contribution < 1.29 is 20.9 Å². The van der Waals surface area contributed by atoms with Crippen LogP contribution in [0.3, 0.4) is 0 Å². The molecule has 0 radical (unpaired) electrons. The van der Waals surface area contributed by atoms with Crippen LogP contribution >= 0.6 is 0 Å². The quantitative estimate of drug-likeness (QED) is 0.300. The van der Waals surface area contributed by atoms with Gasteiger partial charge in [0.25, 0.3) is 0 Å². The molecule has 172 valence electrons. The summed E-state index contributed by atoms with van der Waals surface area (Å²) in [6.07, 6.45) is 20.4. The van der Waals surface area contributed by atoms with Gasteiger partial charge in [0.05, 0.1) is 27.7 Å². The van der Waals surface area contributed by atoms with E-state index < -0.39 is 0 Å². The fourth-order valence-corrected chi connectivity index (χ4v) is 2.78. The van der Waals surface area contributed by atoms with Gasteiger partial charge in [-0.25, -0.2) is 0 Å². The summed E-state index contributed by atoms with van der Waals surface area (Å²) in [6.45, 7) is 3.63. The molecular formula is C22H56N2O3. The monoisotopic (exact) mass is 396 g/mol. The van der Waals surface area contributed by atoms with E-state index in [4.69, 9.17) is 0 Å². The second-order valence-electron chi connectivity index (χ2n) is 8.95. The smallest absolute Gasteiger partial charge is 0.0780 e. The van der Waals surface area contributed by atoms with Gasteiger partial charge in [-0.3, -0.25) is 0 Å². The molecule has 0 aromatic carbocycles. The summed E-state index contributed by atoms with van der Waals surface area (Å²) in [5.74, 6) is 0. The number of rotatable bonds is 15. The van der Waals surface area contributed by atoms with Crippen LogP contribution in [0.5, 0.6) is 0 Å². The minimum absolute atomic E-state index is 0. The molecule has 0 aromatic rings. The van der Waals surface area contributed by atoms with Gasteiger partial charge < -0.3 is 25.8 Å². The Hall–Kier alpha value is -0.200. The van der Waals surface area contributed by atoms with E-state index in [1.165, 1.54) is 96.4 Å². The number of hydrogen-bond donors (Lipinski definition) is 0. The van der Waals surface area contributed by atoms with E-state index in [2.05, 4.69) is 28.1 Å². The van der Waals surface area contributed by atoms with Crippen molar-refractivity contribution in [3.8, 4) is 0 Å². The molecule has 5 N–H and O–H groups in total. The fraction of sp³-hybridized carbons (Fsp3) is 1.00. The maximum absolute atomic E-state index is 2.29. The summed E-state index contributed by atoms with van der Waals surface area (Å²) in [6, 6.07) is 0. The maximum Gasteiger partial charge on any atom is 0.0780 e. The molecule has 5 heteroatoms. The Bertz CT molecular complexity index is 229. The predicted molar refractivity (Wildman–Crippen MR) is 122 cm³/mol. The van der Waals surface area contributed by atoms with Crippen molar-refractivity contribution in [2.24, 2.45) is 0 Å². The van der Waals surface area contributed by atoms with Gasteiger partial charge in [0, 0.05) is 0 Å². The van der Waals surface area contributed by atoms with E-state index in [9.17, 15) is 0 Å². The standard InChI is InChI=1S/C19H42N.C3H9N.3H2O/c1-5-6-7-8-9-10-11-12-13-14-15-16-17-18-19-20(2,3)4;1-4(2)3;;;/h5-19H2,1-4H3;1-3H3;3*1H2/q+1;;;;/p-1. The molecule has 0 rings (SSSR count). The number of hydrogen-bond acceptors (Lipinski definition) is 2. The summed E-state index contributed by atoms with van der Waals surface area (Å²) in [5.41, 5.74) is 0. The SMILES string of the molecule is CCCCCCCCCCCCCCCC[N+](C)(C)C.CN(C)C.O.O.[OH-]. The van der Waals surface area contributed by atoms with E-state index in [-0.39, 0.29) is 16.4 Å². The van der Waals surface area contributed by atoms with Crippen molar-refractivity contribution in [2.75, 3.05) is 48.8 Å². The van der Waals surface area contributed by atoms with Crippen LogP contribution in [0.2, 0.25) is 0 Å². The Balaban J connectivity index is -0.000000209. The van der Waals surface area contributed by atoms with Gasteiger partial charge in [-0.1, -0.05) is 84.0 Å². The molecule has 5 nitrogen and oxygen atoms in total. The molecule has 0 atom stereocenters. The van der Waals surface area contributed by atoms with Crippen LogP contribution in [0.4, 0.5) is 0 Å². The maximum atomic E-state index is 2.29. The van der Waals surface area contributed by atoms with Crippen LogP contribution in [0.1, 0.15) is 96.8 Å². The Morgan fingerprint density at radius 2 is 0.741 bits per heavy atom. The molecule has 0 fully saturated rings. The van der Waals surface area contributed by atoms with Crippen molar-refractivity contribution in [3.63, 3.8) is 0 Å². The third kappa shape index (κ3) is 51.8. The lowest BCUT2D eigenvalue weighted by Gasteiger charge is -2.23. The molecule has 0 aliphatic rings. The highest BCUT2D eigenvalue weighted by molar-refractivity contribution is 4.49. The second-order valence-corrected chi connectivity index (χ2v) is 8.95. The summed E-state index contributed by atoms with van der Waals surface area (Å²) in [5, 5.41) is 0. The van der Waals surface area contributed by atoms with E-state index in [0.717, 1.165) is 4.48 Å². The van der Waals surface area contributed by atoms with Crippen molar-refractivity contribution >= 4 is 0 Å². The molecule has 0 bridgehead atoms. The van der Waals surface area contributed by atoms with Gasteiger partial charge in [0.1, 0.15) is 0 Å². The van der Waals surface area contributed by atoms with Crippen molar-refractivity contribution in [3.05, 3.63) is 0 Å². The molecular weight excluding hydrogens is 340 g/mol. The van der Waals surface area contributed by atoms with Gasteiger partial charge in [-0.05, 0) is 34.0 Å². The van der Waals surface area contributed by atoms with Gasteiger partial charge in [0.2, 0.25) is 0 Å². The van der Waals surface area contributed by atoms with Crippen LogP contribution in [-0.4, -0.2) is 74.6 Å². The average molecular weight is 397 g/mol. The lowest BCUT2D eigenvalue weighted by Crippen LogP contribution is -2.35. The first-order chi connectivity index (χ1) is 11.3. The van der Waals surface area contributed by atoms with E-state index >= 15 is 0 Å². The van der Waals surface area contributed by atoms with E-state index in [1.807, 2.05) is 26.0 Å². The zero-order chi connectivity index (χ0) is 18.7. The third-order valence-electron chi connectivity index (χ3n) is 4.18. The molecule has 0 spiro atoms. The van der Waals surface area contributed by atoms with Crippen LogP contribution in [-0.2, 0) is 0 Å². The third-order valence-corrected chi connectivity index (χ3v) is 4.18. The Morgan fingerprint density at radius 3 is 0.963 bits per heavy atom. The summed E-state index contributed by atoms with van der Waals surface area (Å²) in [4.78, 5) is 2.00. The van der Waals surface area contributed by atoms with Crippen molar-refractivity contribution in [2.45, 2.75) is 96.8 Å². The van der Waals surface area contributed by atoms with Gasteiger partial charge >= 0.3 is 0 Å². The molecule has 0 aromatic heterocycles. The first-order valence-electron chi connectivity index (χ1n) is 10.7. The summed E-state index contributed by atoms with van der Waals surface area (Å²) < 4.78 is 1.12. The largest absolute Gasteiger partial charge is 0.870 e. The zero-order valence-corrected chi connectivity index (χ0v) is 19.9. The highest BCUT2D eigenvalue weighted by atomic mass is 16.0. The molecule has 0 heterocycles. The molecule has 0 saturated heterocycles. The number of nitrogens with zero attached hydrogens (tertiary/aromatic N) is 2. The second kappa shape index (κ2) is 28.0. The number of unbranched alkanes of at least 4 members (excludes halogenated alkanes) is 13. The lowest BCUT2D eigenvalue weighted by atomic mass is 10.0. The molecule has 0 aliphatic heterocycles. The summed E-state index contributed by atoms with van der Waals surface area (Å²) in [7, 11) is 12.9. The Labute approximate surface area is 172 Å². The highest BCUT2D eigenvalue weighted by Gasteiger charge is 2.04. The highest BCUT2D eigenvalue weighted by Crippen LogP contribution is 2.13. The molecule has 27 heavy (non-hydrogen) atoms. The van der Waals surface area contributed by atoms with Gasteiger partial charge in [0.15, 0.2) is 0 Å². The van der Waals surface area contributed by atoms with E-state index in [1.54, 1.807) is 0 Å². The first-order valence-corrected chi connectivity index (χ1v) is 10.7. The van der Waals surface area contributed by atoms with E-state index in [0.29, 0.717) is 0 Å². The van der Waals surface area contributed by atoms with Crippen LogP contribution < -0.4 is 0 Å². The van der Waals surface area contributed by atoms with Crippen LogP contribution in [0, 0.1) is 0 Å². The van der Waals surface area contributed by atoms with Gasteiger partial charge in [-0.2, -0.15) is 0 Å². The normalized spacial score (nSPS) is 10.2. The lowest BCUT2D eigenvalue weighted by molar-refractivity contribution is -0.870. The van der Waals surface area contributed by atoms with Crippen molar-refractivity contribution in [1.29, 1.82) is 0 Å². The minimum atomic E-state index is 0. The van der Waals surface area contributed by atoms with Crippen LogP contribution in [0.25, 0.3) is 0 Å². The average Bonchev–Trinajstić information content (AvgIpc) is 2.46. The first kappa shape index (κ1) is 37.5. The van der Waals surface area contributed by atoms with Crippen molar-refractivity contribution in [1.82, 2.24) is 4.90 Å². The van der Waals surface area contributed by atoms with Crippen LogP contribution in [0.15, 0.2) is 0 Å². The zero-order valence-electron chi connectivity index (χ0n) is 19.9. The summed E-state index contributed by atoms with van der Waals surface area (Å²) >= 11 is 0. The molecule has 0 unspecified atom stereocenters. The minimum Gasteiger partial charge on any atom is -0.870 e. The molecule has 0 aliphatic carbocycles. The topological polar surface area (TPSA) is 96.2 Å². The predicted octanol–water partition coefficient (Wildman–Crippen LogP) is 4.53. The Kier molecular flexibility index (Phi) is 38.9.